The lowest BCUT2D eigenvalue weighted by Crippen LogP contribution is -2.38. The first kappa shape index (κ1) is 23.6. The second-order valence-electron chi connectivity index (χ2n) is 8.86. The number of nitrogen functional groups attached to an aromatic ring is 1. The van der Waals surface area contributed by atoms with Crippen molar-refractivity contribution in [2.75, 3.05) is 18.8 Å². The van der Waals surface area contributed by atoms with Crippen LogP contribution in [0.2, 0.25) is 5.02 Å². The molecular weight excluding hydrogens is 476 g/mol. The van der Waals surface area contributed by atoms with Crippen molar-refractivity contribution < 1.29 is 9.59 Å². The molecule has 0 spiro atoms. The van der Waals surface area contributed by atoms with Gasteiger partial charge in [0, 0.05) is 60.3 Å². The van der Waals surface area contributed by atoms with Gasteiger partial charge in [0.05, 0.1) is 11.8 Å². The van der Waals surface area contributed by atoms with Crippen LogP contribution >= 0.6 is 11.6 Å². The molecule has 1 aliphatic heterocycles. The van der Waals surface area contributed by atoms with Gasteiger partial charge < -0.3 is 16.0 Å². The van der Waals surface area contributed by atoms with Crippen LogP contribution in [0.15, 0.2) is 73.2 Å². The Kier molecular flexibility index (Phi) is 6.43. The summed E-state index contributed by atoms with van der Waals surface area (Å²) in [6.45, 7) is 0.986. The van der Waals surface area contributed by atoms with Crippen molar-refractivity contribution in [1.82, 2.24) is 25.0 Å². The molecule has 0 unspecified atom stereocenters. The van der Waals surface area contributed by atoms with E-state index in [0.717, 1.165) is 22.3 Å². The summed E-state index contributed by atoms with van der Waals surface area (Å²) in [6, 6.07) is 16.6. The minimum Gasteiger partial charge on any atom is -0.383 e. The van der Waals surface area contributed by atoms with Gasteiger partial charge in [0.2, 0.25) is 0 Å². The molecule has 1 atom stereocenters. The van der Waals surface area contributed by atoms with Crippen molar-refractivity contribution in [3.05, 3.63) is 89.3 Å². The molecule has 8 nitrogen and oxygen atoms in total. The molecule has 0 saturated carbocycles. The quantitative estimate of drug-likeness (QED) is 0.430. The van der Waals surface area contributed by atoms with E-state index in [0.29, 0.717) is 35.7 Å². The fraction of sp³-hybridized carbons (Fsp3) is 0.185. The number of rotatable bonds is 5. The van der Waals surface area contributed by atoms with E-state index < -0.39 is 0 Å². The highest BCUT2D eigenvalue weighted by molar-refractivity contribution is 6.30. The van der Waals surface area contributed by atoms with Crippen LogP contribution in [0.1, 0.15) is 27.1 Å². The van der Waals surface area contributed by atoms with Crippen LogP contribution in [0.25, 0.3) is 22.3 Å². The zero-order valence-electron chi connectivity index (χ0n) is 19.7. The smallest absolute Gasteiger partial charge is 0.255 e. The summed E-state index contributed by atoms with van der Waals surface area (Å²) in [7, 11) is 1.82. The second-order valence-corrected chi connectivity index (χ2v) is 9.29. The summed E-state index contributed by atoms with van der Waals surface area (Å²) in [6.07, 6.45) is 5.83. The fourth-order valence-electron chi connectivity index (χ4n) is 4.37. The first-order chi connectivity index (χ1) is 17.4. The minimum absolute atomic E-state index is 0.0656. The lowest BCUT2D eigenvalue weighted by molar-refractivity contribution is 0.0783. The van der Waals surface area contributed by atoms with Crippen LogP contribution < -0.4 is 11.1 Å². The van der Waals surface area contributed by atoms with Gasteiger partial charge in [-0.25, -0.2) is 4.98 Å². The SMILES string of the molecule is Cn1cc(-c2cnc(N)c(C(=O)N[C@@H]3CCN(C(=O)c4ccc(-c5cccc(Cl)c5)cc4)C3)c2)cn1. The highest BCUT2D eigenvalue weighted by Gasteiger charge is 2.29. The average Bonchev–Trinajstić information content (AvgIpc) is 3.53. The van der Waals surface area contributed by atoms with Crippen LogP contribution in [-0.2, 0) is 7.05 Å². The van der Waals surface area contributed by atoms with Crippen LogP contribution in [0, 0.1) is 0 Å². The van der Waals surface area contributed by atoms with Crippen molar-refractivity contribution in [2.45, 2.75) is 12.5 Å². The molecule has 1 saturated heterocycles. The molecule has 36 heavy (non-hydrogen) atoms. The maximum atomic E-state index is 13.1. The molecule has 182 valence electrons. The van der Waals surface area contributed by atoms with Gasteiger partial charge in [0.25, 0.3) is 11.8 Å². The van der Waals surface area contributed by atoms with E-state index in [1.807, 2.05) is 61.8 Å². The lowest BCUT2D eigenvalue weighted by atomic mass is 10.0. The summed E-state index contributed by atoms with van der Waals surface area (Å²) in [5.74, 6) is -0.217. The molecule has 9 heteroatoms. The van der Waals surface area contributed by atoms with Crippen molar-refractivity contribution in [3.8, 4) is 22.3 Å². The Hall–Kier alpha value is -4.17. The first-order valence-corrected chi connectivity index (χ1v) is 12.0. The number of likely N-dealkylation sites (tertiary alicyclic amines) is 1. The largest absolute Gasteiger partial charge is 0.383 e. The third-order valence-electron chi connectivity index (χ3n) is 6.30. The zero-order valence-corrected chi connectivity index (χ0v) is 20.4. The summed E-state index contributed by atoms with van der Waals surface area (Å²) in [4.78, 5) is 32.0. The number of hydrogen-bond donors (Lipinski definition) is 2. The minimum atomic E-state index is -0.309. The highest BCUT2D eigenvalue weighted by Crippen LogP contribution is 2.25. The number of nitrogens with zero attached hydrogens (tertiary/aromatic N) is 4. The maximum absolute atomic E-state index is 13.1. The molecule has 0 aliphatic carbocycles. The van der Waals surface area contributed by atoms with Gasteiger partial charge in [-0.15, -0.1) is 0 Å². The van der Waals surface area contributed by atoms with Crippen molar-refractivity contribution in [1.29, 1.82) is 0 Å². The lowest BCUT2D eigenvalue weighted by Gasteiger charge is -2.18. The maximum Gasteiger partial charge on any atom is 0.255 e. The van der Waals surface area contributed by atoms with E-state index >= 15 is 0 Å². The number of benzene rings is 2. The predicted octanol–water partition coefficient (Wildman–Crippen LogP) is 4.03. The fourth-order valence-corrected chi connectivity index (χ4v) is 4.56. The molecule has 0 bridgehead atoms. The number of nitrogens with one attached hydrogen (secondary N) is 1. The number of amides is 2. The zero-order chi connectivity index (χ0) is 25.2. The summed E-state index contributed by atoms with van der Waals surface area (Å²) < 4.78 is 1.68. The van der Waals surface area contributed by atoms with Gasteiger partial charge in [0.1, 0.15) is 5.82 Å². The monoisotopic (exact) mass is 500 g/mol. The Morgan fingerprint density at radius 1 is 1.03 bits per heavy atom. The summed E-state index contributed by atoms with van der Waals surface area (Å²) in [5.41, 5.74) is 10.5. The molecule has 0 radical (unpaired) electrons. The first-order valence-electron chi connectivity index (χ1n) is 11.6. The Morgan fingerprint density at radius 3 is 2.56 bits per heavy atom. The number of carbonyl (C=O) groups excluding carboxylic acids is 2. The Bertz CT molecular complexity index is 1430. The number of pyridine rings is 1. The van der Waals surface area contributed by atoms with Gasteiger partial charge in [-0.2, -0.15) is 5.10 Å². The number of anilines is 1. The number of hydrogen-bond acceptors (Lipinski definition) is 5. The van der Waals surface area contributed by atoms with Gasteiger partial charge >= 0.3 is 0 Å². The average molecular weight is 501 g/mol. The van der Waals surface area contributed by atoms with E-state index in [2.05, 4.69) is 15.4 Å². The van der Waals surface area contributed by atoms with Gasteiger partial charge in [-0.05, 0) is 47.9 Å². The normalized spacial score (nSPS) is 15.2. The number of halogens is 1. The van der Waals surface area contributed by atoms with Gasteiger partial charge in [0.15, 0.2) is 0 Å². The Morgan fingerprint density at radius 2 is 1.83 bits per heavy atom. The van der Waals surface area contributed by atoms with Crippen LogP contribution in [-0.4, -0.2) is 50.6 Å². The Balaban J connectivity index is 1.23. The third kappa shape index (κ3) is 4.94. The number of aromatic nitrogens is 3. The number of carbonyl (C=O) groups is 2. The molecule has 1 fully saturated rings. The van der Waals surface area contributed by atoms with Gasteiger partial charge in [-0.3, -0.25) is 14.3 Å². The van der Waals surface area contributed by atoms with Crippen molar-refractivity contribution in [3.63, 3.8) is 0 Å². The van der Waals surface area contributed by atoms with Crippen LogP contribution in [0.4, 0.5) is 5.82 Å². The predicted molar refractivity (Wildman–Crippen MR) is 140 cm³/mol. The topological polar surface area (TPSA) is 106 Å². The summed E-state index contributed by atoms with van der Waals surface area (Å²) >= 11 is 6.09. The van der Waals surface area contributed by atoms with Crippen LogP contribution in [0.3, 0.4) is 0 Å². The number of nitrogens with two attached hydrogens (primary N) is 1. The van der Waals surface area contributed by atoms with E-state index in [1.54, 1.807) is 28.0 Å². The molecule has 2 aromatic carbocycles. The third-order valence-corrected chi connectivity index (χ3v) is 6.54. The molecule has 4 aromatic rings. The van der Waals surface area contributed by atoms with E-state index in [1.165, 1.54) is 0 Å². The molecule has 5 rings (SSSR count). The molecule has 3 heterocycles. The van der Waals surface area contributed by atoms with Crippen LogP contribution in [0.5, 0.6) is 0 Å². The standard InChI is InChI=1S/C27H25ClN6O2/c1-33-15-21(14-31-33)20-12-24(25(29)30-13-20)26(35)32-23-9-10-34(16-23)27(36)18-7-5-17(6-8-18)19-3-2-4-22(28)11-19/h2-8,11-15,23H,9-10,16H2,1H3,(H2,29,30)(H,32,35)/t23-/m1/s1. The van der Waals surface area contributed by atoms with E-state index in [-0.39, 0.29) is 23.7 Å². The van der Waals surface area contributed by atoms with E-state index in [4.69, 9.17) is 17.3 Å². The van der Waals surface area contributed by atoms with Gasteiger partial charge in [-0.1, -0.05) is 35.9 Å². The Labute approximate surface area is 213 Å². The van der Waals surface area contributed by atoms with E-state index in [9.17, 15) is 9.59 Å². The molecule has 2 aromatic heterocycles. The van der Waals surface area contributed by atoms with Crippen molar-refractivity contribution >= 4 is 29.2 Å². The molecule has 2 amide bonds. The second kappa shape index (κ2) is 9.83. The number of aryl methyl sites for hydroxylation is 1. The summed E-state index contributed by atoms with van der Waals surface area (Å²) in [5, 5.41) is 7.83. The molecular formula is C27H25ClN6O2. The van der Waals surface area contributed by atoms with Crippen molar-refractivity contribution in [2.24, 2.45) is 7.05 Å². The molecule has 1 aliphatic rings. The highest BCUT2D eigenvalue weighted by atomic mass is 35.5. The molecule has 3 N–H and O–H groups in total.